The molecule has 2 N–H and O–H groups in total. The molecule has 128 valence electrons. The number of hydrogen-bond acceptors (Lipinski definition) is 4. The molecule has 0 radical (unpaired) electrons. The van der Waals surface area contributed by atoms with Crippen LogP contribution in [0.15, 0.2) is 24.3 Å². The standard InChI is InChI=1S/C16H21N5O3/c1-11-5-7-14(8-6-11)17-15(22)9-19(4)10-20-13(3)16(21(23)24)12(2)18-20/h5-8H,9-10H2,1-4H3,(H,17,22)/p+1. The van der Waals surface area contributed by atoms with Crippen LogP contribution < -0.4 is 10.2 Å². The average molecular weight is 332 g/mol. The van der Waals surface area contributed by atoms with Crippen LogP contribution in [0, 0.1) is 30.9 Å². The number of quaternary nitrogens is 1. The van der Waals surface area contributed by atoms with Crippen molar-refractivity contribution in [1.82, 2.24) is 9.78 Å². The van der Waals surface area contributed by atoms with Gasteiger partial charge in [0.15, 0.2) is 13.2 Å². The maximum atomic E-state index is 12.1. The molecule has 1 aromatic carbocycles. The number of rotatable bonds is 6. The summed E-state index contributed by atoms with van der Waals surface area (Å²) < 4.78 is 1.57. The molecular formula is C16H22N5O3+. The number of hydrogen-bond donors (Lipinski definition) is 2. The number of carbonyl (C=O) groups excluding carboxylic acids is 1. The number of likely N-dealkylation sites (N-methyl/N-ethyl adjacent to an activating group) is 1. The molecule has 0 saturated carbocycles. The molecule has 1 atom stereocenters. The Morgan fingerprint density at radius 3 is 2.46 bits per heavy atom. The summed E-state index contributed by atoms with van der Waals surface area (Å²) in [5.41, 5.74) is 2.79. The van der Waals surface area contributed by atoms with Crippen molar-refractivity contribution in [3.63, 3.8) is 0 Å². The first-order valence-electron chi connectivity index (χ1n) is 7.64. The lowest BCUT2D eigenvalue weighted by Gasteiger charge is -2.14. The smallest absolute Gasteiger partial charge is 0.312 e. The number of nitro groups is 1. The van der Waals surface area contributed by atoms with Crippen LogP contribution >= 0.6 is 0 Å². The van der Waals surface area contributed by atoms with Crippen molar-refractivity contribution < 1.29 is 14.6 Å². The topological polar surface area (TPSA) is 94.5 Å². The maximum Gasteiger partial charge on any atom is 0.312 e. The van der Waals surface area contributed by atoms with Crippen molar-refractivity contribution in [2.75, 3.05) is 18.9 Å². The van der Waals surface area contributed by atoms with Crippen molar-refractivity contribution in [3.8, 4) is 0 Å². The highest BCUT2D eigenvalue weighted by Crippen LogP contribution is 2.20. The number of carbonyl (C=O) groups is 1. The fourth-order valence-corrected chi connectivity index (χ4v) is 2.53. The summed E-state index contributed by atoms with van der Waals surface area (Å²) in [5.74, 6) is -0.118. The molecular weight excluding hydrogens is 310 g/mol. The third kappa shape index (κ3) is 4.17. The minimum absolute atomic E-state index is 0.0342. The molecule has 8 nitrogen and oxygen atoms in total. The third-order valence-electron chi connectivity index (χ3n) is 3.74. The molecule has 0 aliphatic rings. The van der Waals surface area contributed by atoms with Gasteiger partial charge in [-0.3, -0.25) is 14.9 Å². The second-order valence-corrected chi connectivity index (χ2v) is 5.98. The van der Waals surface area contributed by atoms with E-state index in [1.807, 2.05) is 38.2 Å². The number of aryl methyl sites for hydroxylation is 2. The van der Waals surface area contributed by atoms with Gasteiger partial charge in [0, 0.05) is 5.69 Å². The molecule has 1 heterocycles. The van der Waals surface area contributed by atoms with Crippen LogP contribution in [-0.2, 0) is 11.5 Å². The Labute approximate surface area is 140 Å². The van der Waals surface area contributed by atoms with Gasteiger partial charge in [0.05, 0.1) is 12.0 Å². The van der Waals surface area contributed by atoms with E-state index in [0.717, 1.165) is 16.2 Å². The highest BCUT2D eigenvalue weighted by molar-refractivity contribution is 5.91. The van der Waals surface area contributed by atoms with Crippen LogP contribution in [0.4, 0.5) is 11.4 Å². The SMILES string of the molecule is Cc1ccc(NC(=O)C[NH+](C)Cn2nc(C)c([N+](=O)[O-])c2C)cc1. The molecule has 2 rings (SSSR count). The Balaban J connectivity index is 1.96. The van der Waals surface area contributed by atoms with E-state index in [-0.39, 0.29) is 18.1 Å². The first-order valence-corrected chi connectivity index (χ1v) is 7.64. The van der Waals surface area contributed by atoms with Gasteiger partial charge in [0.2, 0.25) is 0 Å². The molecule has 1 aromatic heterocycles. The zero-order valence-electron chi connectivity index (χ0n) is 14.3. The summed E-state index contributed by atoms with van der Waals surface area (Å²) in [6.07, 6.45) is 0. The first-order chi connectivity index (χ1) is 11.3. The number of aromatic nitrogens is 2. The lowest BCUT2D eigenvalue weighted by Crippen LogP contribution is -3.09. The van der Waals surface area contributed by atoms with Gasteiger partial charge in [-0.2, -0.15) is 5.10 Å². The minimum Gasteiger partial charge on any atom is -0.321 e. The summed E-state index contributed by atoms with van der Waals surface area (Å²) in [6, 6.07) is 7.57. The zero-order valence-corrected chi connectivity index (χ0v) is 14.3. The molecule has 24 heavy (non-hydrogen) atoms. The summed E-state index contributed by atoms with van der Waals surface area (Å²) in [6.45, 7) is 5.87. The fraction of sp³-hybridized carbons (Fsp3) is 0.375. The number of nitrogens with one attached hydrogen (secondary N) is 2. The summed E-state index contributed by atoms with van der Waals surface area (Å²) in [5, 5.41) is 18.1. The number of amides is 1. The van der Waals surface area contributed by atoms with Crippen molar-refractivity contribution >= 4 is 17.3 Å². The second kappa shape index (κ2) is 7.22. The van der Waals surface area contributed by atoms with E-state index in [0.29, 0.717) is 18.1 Å². The Kier molecular flexibility index (Phi) is 5.30. The number of anilines is 1. The van der Waals surface area contributed by atoms with Crippen LogP contribution in [0.5, 0.6) is 0 Å². The van der Waals surface area contributed by atoms with Crippen LogP contribution in [0.1, 0.15) is 17.0 Å². The van der Waals surface area contributed by atoms with Gasteiger partial charge in [-0.05, 0) is 32.9 Å². The Bertz CT molecular complexity index is 752. The molecule has 0 saturated heterocycles. The molecule has 0 aliphatic heterocycles. The van der Waals surface area contributed by atoms with E-state index in [9.17, 15) is 14.9 Å². The first kappa shape index (κ1) is 17.6. The monoisotopic (exact) mass is 332 g/mol. The van der Waals surface area contributed by atoms with Crippen molar-refractivity contribution in [1.29, 1.82) is 0 Å². The molecule has 0 aliphatic carbocycles. The van der Waals surface area contributed by atoms with Gasteiger partial charge in [0.1, 0.15) is 11.4 Å². The zero-order chi connectivity index (χ0) is 17.9. The number of nitrogens with zero attached hydrogens (tertiary/aromatic N) is 3. The second-order valence-electron chi connectivity index (χ2n) is 5.98. The van der Waals surface area contributed by atoms with E-state index in [4.69, 9.17) is 0 Å². The van der Waals surface area contributed by atoms with Crippen LogP contribution in [0.2, 0.25) is 0 Å². The van der Waals surface area contributed by atoms with Gasteiger partial charge in [0.25, 0.3) is 5.91 Å². The Morgan fingerprint density at radius 1 is 1.29 bits per heavy atom. The van der Waals surface area contributed by atoms with Gasteiger partial charge >= 0.3 is 5.69 Å². The maximum absolute atomic E-state index is 12.1. The van der Waals surface area contributed by atoms with Crippen molar-refractivity contribution in [3.05, 3.63) is 51.3 Å². The molecule has 1 unspecified atom stereocenters. The molecule has 8 heteroatoms. The van der Waals surface area contributed by atoms with E-state index in [1.54, 1.807) is 18.5 Å². The predicted octanol–water partition coefficient (Wildman–Crippen LogP) is 0.827. The van der Waals surface area contributed by atoms with E-state index in [1.165, 1.54) is 0 Å². The minimum atomic E-state index is -0.423. The summed E-state index contributed by atoms with van der Waals surface area (Å²) >= 11 is 0. The van der Waals surface area contributed by atoms with E-state index >= 15 is 0 Å². The Morgan fingerprint density at radius 2 is 1.92 bits per heavy atom. The lowest BCUT2D eigenvalue weighted by atomic mass is 10.2. The third-order valence-corrected chi connectivity index (χ3v) is 3.74. The molecule has 0 bridgehead atoms. The summed E-state index contributed by atoms with van der Waals surface area (Å²) in [4.78, 5) is 23.6. The van der Waals surface area contributed by atoms with Crippen LogP contribution in [0.25, 0.3) is 0 Å². The summed E-state index contributed by atoms with van der Waals surface area (Å²) in [7, 11) is 1.84. The van der Waals surface area contributed by atoms with Gasteiger partial charge < -0.3 is 10.2 Å². The quantitative estimate of drug-likeness (QED) is 0.605. The highest BCUT2D eigenvalue weighted by atomic mass is 16.6. The van der Waals surface area contributed by atoms with E-state index < -0.39 is 4.92 Å². The van der Waals surface area contributed by atoms with Crippen molar-refractivity contribution in [2.45, 2.75) is 27.4 Å². The normalized spacial score (nSPS) is 12.0. The molecule has 0 fully saturated rings. The van der Waals surface area contributed by atoms with Crippen LogP contribution in [0.3, 0.4) is 0 Å². The Hall–Kier alpha value is -2.74. The van der Waals surface area contributed by atoms with E-state index in [2.05, 4.69) is 10.4 Å². The largest absolute Gasteiger partial charge is 0.321 e. The molecule has 2 aromatic rings. The van der Waals surface area contributed by atoms with Crippen LogP contribution in [-0.4, -0.2) is 34.2 Å². The highest BCUT2D eigenvalue weighted by Gasteiger charge is 2.23. The van der Waals surface area contributed by atoms with Gasteiger partial charge in [-0.15, -0.1) is 0 Å². The average Bonchev–Trinajstić information content (AvgIpc) is 2.75. The predicted molar refractivity (Wildman–Crippen MR) is 89.9 cm³/mol. The fourth-order valence-electron chi connectivity index (χ4n) is 2.53. The van der Waals surface area contributed by atoms with Crippen molar-refractivity contribution in [2.24, 2.45) is 0 Å². The lowest BCUT2D eigenvalue weighted by molar-refractivity contribution is -0.895. The molecule has 0 spiro atoms. The van der Waals surface area contributed by atoms with Gasteiger partial charge in [-0.25, -0.2) is 4.68 Å². The van der Waals surface area contributed by atoms with Gasteiger partial charge in [-0.1, -0.05) is 17.7 Å². The molecule has 1 amide bonds. The number of benzene rings is 1.